The highest BCUT2D eigenvalue weighted by Gasteiger charge is 1.83. The molecule has 7 nitrogen and oxygen atoms in total. The van der Waals surface area contributed by atoms with E-state index < -0.39 is 6.23 Å². The van der Waals surface area contributed by atoms with Crippen molar-refractivity contribution in [3.63, 3.8) is 0 Å². The Labute approximate surface area is 76.7 Å². The molecule has 1 atom stereocenters. The minimum absolute atomic E-state index is 0.125. The maximum Gasteiger partial charge on any atom is 0.125 e. The van der Waals surface area contributed by atoms with Gasteiger partial charge in [0.2, 0.25) is 0 Å². The molecule has 0 aliphatic carbocycles. The fourth-order valence-corrected chi connectivity index (χ4v) is 0. The van der Waals surface area contributed by atoms with E-state index in [1.54, 1.807) is 0 Å². The van der Waals surface area contributed by atoms with Crippen molar-refractivity contribution in [3.05, 3.63) is 0 Å². The predicted octanol–water partition coefficient (Wildman–Crippen LogP) is -3.80. The van der Waals surface area contributed by atoms with Gasteiger partial charge in [-0.3, -0.25) is 0 Å². The highest BCUT2D eigenvalue weighted by molar-refractivity contribution is 4.30. The number of rotatable bonds is 3. The van der Waals surface area contributed by atoms with Gasteiger partial charge >= 0.3 is 0 Å². The van der Waals surface area contributed by atoms with Crippen molar-refractivity contribution in [2.45, 2.75) is 6.23 Å². The van der Waals surface area contributed by atoms with Crippen LogP contribution in [0.15, 0.2) is 0 Å². The molecule has 0 amide bonds. The van der Waals surface area contributed by atoms with Gasteiger partial charge < -0.3 is 36.4 Å². The van der Waals surface area contributed by atoms with Gasteiger partial charge in [-0.25, -0.2) is 0 Å². The molecule has 0 radical (unpaired) electrons. The zero-order chi connectivity index (χ0) is 11.1. The Balaban J connectivity index is -0.000000117. The van der Waals surface area contributed by atoms with Crippen LogP contribution in [0.1, 0.15) is 0 Å². The summed E-state index contributed by atoms with van der Waals surface area (Å²) in [4.78, 5) is 0. The van der Waals surface area contributed by atoms with Crippen molar-refractivity contribution in [3.8, 4) is 0 Å². The normalized spacial score (nSPS) is 10.4. The number of nitrogens with two attached hydrogens (primary N) is 1. The minimum Gasteiger partial charge on any atom is -0.394 e. The molecule has 7 heteroatoms. The Morgan fingerprint density at radius 1 is 0.769 bits per heavy atom. The zero-order valence-electron chi connectivity index (χ0n) is 7.37. The fourth-order valence-electron chi connectivity index (χ4n) is 0. The van der Waals surface area contributed by atoms with Gasteiger partial charge in [0, 0.05) is 0 Å². The number of aliphatic hydroxyl groups is 6. The van der Waals surface area contributed by atoms with Gasteiger partial charge in [0.25, 0.3) is 0 Å². The molecule has 84 valence electrons. The molecular formula is C6H19NO6. The van der Waals surface area contributed by atoms with E-state index in [0.29, 0.717) is 0 Å². The third-order valence-electron chi connectivity index (χ3n) is 0.387. The summed E-state index contributed by atoms with van der Waals surface area (Å²) in [6.07, 6.45) is -1.06. The average molecular weight is 201 g/mol. The summed E-state index contributed by atoms with van der Waals surface area (Å²) in [6.45, 7) is -0.861. The minimum atomic E-state index is -1.06. The lowest BCUT2D eigenvalue weighted by atomic mass is 10.7. The maximum absolute atomic E-state index is 7.89. The third kappa shape index (κ3) is 80.0. The number of aliphatic hydroxyl groups excluding tert-OH is 6. The summed E-state index contributed by atoms with van der Waals surface area (Å²) in [7, 11) is 0. The van der Waals surface area contributed by atoms with E-state index >= 15 is 0 Å². The van der Waals surface area contributed by atoms with Gasteiger partial charge in [0.05, 0.1) is 33.0 Å². The van der Waals surface area contributed by atoms with Crippen LogP contribution in [-0.2, 0) is 0 Å². The molecule has 0 aromatic rings. The lowest BCUT2D eigenvalue weighted by Gasteiger charge is -1.91. The third-order valence-corrected chi connectivity index (χ3v) is 0.387. The van der Waals surface area contributed by atoms with Crippen LogP contribution in [0.5, 0.6) is 0 Å². The van der Waals surface area contributed by atoms with Crippen LogP contribution in [0.3, 0.4) is 0 Å². The van der Waals surface area contributed by atoms with E-state index in [-0.39, 0.29) is 33.0 Å². The first-order chi connectivity index (χ1) is 6.10. The van der Waals surface area contributed by atoms with Gasteiger partial charge in [0.15, 0.2) is 0 Å². The molecule has 0 heterocycles. The Bertz CT molecular complexity index is 55.1. The zero-order valence-corrected chi connectivity index (χ0v) is 7.37. The molecule has 0 rings (SSSR count). The van der Waals surface area contributed by atoms with Crippen LogP contribution in [0.2, 0.25) is 0 Å². The van der Waals surface area contributed by atoms with E-state index in [9.17, 15) is 0 Å². The van der Waals surface area contributed by atoms with Crippen LogP contribution in [0.25, 0.3) is 0 Å². The summed E-state index contributed by atoms with van der Waals surface area (Å²) in [5, 5.41) is 46.2. The van der Waals surface area contributed by atoms with E-state index in [1.165, 1.54) is 0 Å². The molecule has 0 aliphatic heterocycles. The van der Waals surface area contributed by atoms with E-state index in [1.807, 2.05) is 0 Å². The Morgan fingerprint density at radius 2 is 0.923 bits per heavy atom. The quantitative estimate of drug-likeness (QED) is 0.232. The smallest absolute Gasteiger partial charge is 0.125 e. The summed E-state index contributed by atoms with van der Waals surface area (Å²) in [5.74, 6) is 0. The molecule has 0 aromatic heterocycles. The molecule has 0 spiro atoms. The first-order valence-electron chi connectivity index (χ1n) is 3.58. The summed E-state index contributed by atoms with van der Waals surface area (Å²) in [5.41, 5.74) is 4.60. The molecule has 0 bridgehead atoms. The van der Waals surface area contributed by atoms with Crippen LogP contribution >= 0.6 is 0 Å². The standard InChI is InChI=1S/C2H7NO2.2C2H6O2/c3-2(5)1-4;2*3-1-2-4/h2,4-5H,1,3H2;2*3-4H,1-2H2. The molecule has 0 saturated heterocycles. The topological polar surface area (TPSA) is 147 Å². The van der Waals surface area contributed by atoms with E-state index in [0.717, 1.165) is 0 Å². The van der Waals surface area contributed by atoms with Crippen molar-refractivity contribution in [1.29, 1.82) is 0 Å². The van der Waals surface area contributed by atoms with Crippen LogP contribution in [-0.4, -0.2) is 69.9 Å². The number of hydrogen-bond acceptors (Lipinski definition) is 7. The Kier molecular flexibility index (Phi) is 32.1. The van der Waals surface area contributed by atoms with E-state index in [2.05, 4.69) is 5.73 Å². The monoisotopic (exact) mass is 201 g/mol. The Morgan fingerprint density at radius 3 is 0.923 bits per heavy atom. The lowest BCUT2D eigenvalue weighted by Crippen LogP contribution is -2.22. The second kappa shape index (κ2) is 22.6. The molecule has 0 aromatic carbocycles. The van der Waals surface area contributed by atoms with Gasteiger partial charge in [-0.1, -0.05) is 0 Å². The van der Waals surface area contributed by atoms with Gasteiger partial charge in [-0.2, -0.15) is 0 Å². The van der Waals surface area contributed by atoms with Crippen molar-refractivity contribution < 1.29 is 30.6 Å². The van der Waals surface area contributed by atoms with Gasteiger partial charge in [-0.15, -0.1) is 0 Å². The Hall–Kier alpha value is -0.280. The molecule has 1 unspecified atom stereocenters. The molecular weight excluding hydrogens is 182 g/mol. The SMILES string of the molecule is NC(O)CO.OCCO.OCCO. The van der Waals surface area contributed by atoms with E-state index in [4.69, 9.17) is 30.6 Å². The fraction of sp³-hybridized carbons (Fsp3) is 1.00. The summed E-state index contributed by atoms with van der Waals surface area (Å²) < 4.78 is 0. The van der Waals surface area contributed by atoms with Crippen molar-refractivity contribution >= 4 is 0 Å². The first-order valence-corrected chi connectivity index (χ1v) is 3.58. The largest absolute Gasteiger partial charge is 0.394 e. The predicted molar refractivity (Wildman–Crippen MR) is 45.6 cm³/mol. The highest BCUT2D eigenvalue weighted by atomic mass is 16.3. The van der Waals surface area contributed by atoms with Crippen molar-refractivity contribution in [2.24, 2.45) is 5.73 Å². The van der Waals surface area contributed by atoms with Crippen LogP contribution in [0.4, 0.5) is 0 Å². The first kappa shape index (κ1) is 18.5. The van der Waals surface area contributed by atoms with Gasteiger partial charge in [-0.05, 0) is 0 Å². The second-order valence-electron chi connectivity index (χ2n) is 1.64. The lowest BCUT2D eigenvalue weighted by molar-refractivity contribution is 0.101. The van der Waals surface area contributed by atoms with Crippen molar-refractivity contribution in [1.82, 2.24) is 0 Å². The molecule has 0 saturated carbocycles. The molecule has 8 N–H and O–H groups in total. The van der Waals surface area contributed by atoms with Gasteiger partial charge in [0.1, 0.15) is 6.23 Å². The maximum atomic E-state index is 7.89. The summed E-state index contributed by atoms with van der Waals surface area (Å²) in [6, 6.07) is 0. The van der Waals surface area contributed by atoms with Crippen molar-refractivity contribution in [2.75, 3.05) is 33.0 Å². The average Bonchev–Trinajstić information content (AvgIpc) is 2.18. The molecule has 0 aliphatic rings. The molecule has 13 heavy (non-hydrogen) atoms. The summed E-state index contributed by atoms with van der Waals surface area (Å²) >= 11 is 0. The second-order valence-corrected chi connectivity index (χ2v) is 1.64. The molecule has 0 fully saturated rings. The van der Waals surface area contributed by atoms with Crippen LogP contribution in [0, 0.1) is 0 Å². The highest BCUT2D eigenvalue weighted by Crippen LogP contribution is 1.55. The van der Waals surface area contributed by atoms with Crippen LogP contribution < -0.4 is 5.73 Å². The number of hydrogen-bond donors (Lipinski definition) is 7.